The summed E-state index contributed by atoms with van der Waals surface area (Å²) in [4.78, 5) is 25.1. The number of esters is 1. The van der Waals surface area contributed by atoms with Gasteiger partial charge in [0.1, 0.15) is 0 Å². The standard InChI is InChI=1S/C12H17N3O4S/c1-18-11(16)4-5-15(7-9-3-2-6-19-9)12(17)10-8-20-14-13-10/h8-9H,2-7H2,1H3. The first kappa shape index (κ1) is 14.9. The second kappa shape index (κ2) is 7.30. The van der Waals surface area contributed by atoms with E-state index < -0.39 is 0 Å². The first-order valence-corrected chi connectivity index (χ1v) is 7.29. The molecule has 1 aliphatic heterocycles. The van der Waals surface area contributed by atoms with Gasteiger partial charge in [0, 0.05) is 25.1 Å². The third-order valence-electron chi connectivity index (χ3n) is 3.13. The maximum atomic E-state index is 12.3. The molecule has 1 atom stereocenters. The van der Waals surface area contributed by atoms with Crippen molar-refractivity contribution < 1.29 is 19.1 Å². The lowest BCUT2D eigenvalue weighted by atomic mass is 10.2. The van der Waals surface area contributed by atoms with E-state index >= 15 is 0 Å². The Hall–Kier alpha value is -1.54. The van der Waals surface area contributed by atoms with Crippen molar-refractivity contribution in [3.63, 3.8) is 0 Å². The van der Waals surface area contributed by atoms with Crippen LogP contribution in [0.5, 0.6) is 0 Å². The van der Waals surface area contributed by atoms with E-state index in [1.807, 2.05) is 0 Å². The highest BCUT2D eigenvalue weighted by Gasteiger charge is 2.25. The fourth-order valence-electron chi connectivity index (χ4n) is 2.06. The minimum Gasteiger partial charge on any atom is -0.469 e. The molecule has 0 aromatic carbocycles. The van der Waals surface area contributed by atoms with E-state index in [9.17, 15) is 9.59 Å². The number of carbonyl (C=O) groups is 2. The first-order valence-electron chi connectivity index (χ1n) is 6.45. The van der Waals surface area contributed by atoms with Crippen LogP contribution in [0.4, 0.5) is 0 Å². The number of carbonyl (C=O) groups excluding carboxylic acids is 2. The van der Waals surface area contributed by atoms with E-state index in [2.05, 4.69) is 14.3 Å². The highest BCUT2D eigenvalue weighted by Crippen LogP contribution is 2.15. The van der Waals surface area contributed by atoms with Crippen LogP contribution in [0.3, 0.4) is 0 Å². The third-order valence-corrected chi connectivity index (χ3v) is 3.63. The summed E-state index contributed by atoms with van der Waals surface area (Å²) in [6, 6.07) is 0. The second-order valence-corrected chi connectivity index (χ2v) is 5.11. The van der Waals surface area contributed by atoms with E-state index in [4.69, 9.17) is 4.74 Å². The molecule has 1 aliphatic rings. The van der Waals surface area contributed by atoms with Crippen molar-refractivity contribution in [2.75, 3.05) is 26.8 Å². The summed E-state index contributed by atoms with van der Waals surface area (Å²) in [7, 11) is 1.33. The van der Waals surface area contributed by atoms with Crippen LogP contribution in [-0.2, 0) is 14.3 Å². The molecule has 110 valence electrons. The molecule has 2 rings (SSSR count). The predicted molar refractivity (Wildman–Crippen MR) is 71.4 cm³/mol. The molecule has 1 unspecified atom stereocenters. The minimum atomic E-state index is -0.341. The van der Waals surface area contributed by atoms with Gasteiger partial charge in [-0.3, -0.25) is 9.59 Å². The molecule has 1 aromatic heterocycles. The molecule has 0 saturated carbocycles. The SMILES string of the molecule is COC(=O)CCN(CC1CCCO1)C(=O)c1csnn1. The zero-order valence-electron chi connectivity index (χ0n) is 11.3. The van der Waals surface area contributed by atoms with Gasteiger partial charge in [-0.25, -0.2) is 0 Å². The number of nitrogens with zero attached hydrogens (tertiary/aromatic N) is 3. The molecule has 1 amide bonds. The van der Waals surface area contributed by atoms with Gasteiger partial charge in [-0.15, -0.1) is 5.10 Å². The van der Waals surface area contributed by atoms with Gasteiger partial charge in [0.25, 0.3) is 5.91 Å². The van der Waals surface area contributed by atoms with Crippen molar-refractivity contribution in [1.82, 2.24) is 14.5 Å². The van der Waals surface area contributed by atoms with Crippen LogP contribution in [0.25, 0.3) is 0 Å². The van der Waals surface area contributed by atoms with Gasteiger partial charge in [-0.2, -0.15) is 0 Å². The minimum absolute atomic E-state index is 0.0307. The number of rotatable bonds is 6. The second-order valence-electron chi connectivity index (χ2n) is 4.50. The van der Waals surface area contributed by atoms with Crippen molar-refractivity contribution >= 4 is 23.4 Å². The average molecular weight is 299 g/mol. The Labute approximate surface area is 121 Å². The number of hydrogen-bond acceptors (Lipinski definition) is 7. The normalized spacial score (nSPS) is 17.9. The monoisotopic (exact) mass is 299 g/mol. The molecule has 0 spiro atoms. The Morgan fingerprint density at radius 2 is 2.45 bits per heavy atom. The van der Waals surface area contributed by atoms with Gasteiger partial charge in [-0.05, 0) is 24.4 Å². The lowest BCUT2D eigenvalue weighted by Gasteiger charge is -2.24. The summed E-state index contributed by atoms with van der Waals surface area (Å²) in [6.07, 6.45) is 2.12. The van der Waals surface area contributed by atoms with E-state index in [-0.39, 0.29) is 24.4 Å². The summed E-state index contributed by atoms with van der Waals surface area (Å²) in [5, 5.41) is 5.38. The van der Waals surface area contributed by atoms with Crippen molar-refractivity contribution in [3.05, 3.63) is 11.1 Å². The Balaban J connectivity index is 1.98. The lowest BCUT2D eigenvalue weighted by Crippen LogP contribution is -2.39. The quantitative estimate of drug-likeness (QED) is 0.720. The van der Waals surface area contributed by atoms with E-state index in [1.165, 1.54) is 7.11 Å². The lowest BCUT2D eigenvalue weighted by molar-refractivity contribution is -0.140. The fraction of sp³-hybridized carbons (Fsp3) is 0.667. The Morgan fingerprint density at radius 3 is 3.05 bits per heavy atom. The van der Waals surface area contributed by atoms with Gasteiger partial charge in [0.2, 0.25) is 0 Å². The Kier molecular flexibility index (Phi) is 5.42. The van der Waals surface area contributed by atoms with Gasteiger partial charge in [0.15, 0.2) is 5.69 Å². The smallest absolute Gasteiger partial charge is 0.307 e. The Morgan fingerprint density at radius 1 is 1.60 bits per heavy atom. The summed E-state index contributed by atoms with van der Waals surface area (Å²) in [5.74, 6) is -0.565. The van der Waals surface area contributed by atoms with Gasteiger partial charge in [-0.1, -0.05) is 4.49 Å². The predicted octanol–water partition coefficient (Wildman–Crippen LogP) is 0.722. The van der Waals surface area contributed by atoms with E-state index in [0.717, 1.165) is 31.0 Å². The molecule has 1 saturated heterocycles. The highest BCUT2D eigenvalue weighted by molar-refractivity contribution is 7.03. The molecule has 7 nitrogen and oxygen atoms in total. The number of methoxy groups -OCH3 is 1. The van der Waals surface area contributed by atoms with Crippen molar-refractivity contribution in [2.45, 2.75) is 25.4 Å². The average Bonchev–Trinajstić information content (AvgIpc) is 3.14. The van der Waals surface area contributed by atoms with E-state index in [1.54, 1.807) is 10.3 Å². The topological polar surface area (TPSA) is 81.6 Å². The fourth-order valence-corrected chi connectivity index (χ4v) is 2.49. The van der Waals surface area contributed by atoms with Crippen LogP contribution in [0.2, 0.25) is 0 Å². The van der Waals surface area contributed by atoms with Crippen LogP contribution in [0, 0.1) is 0 Å². The third kappa shape index (κ3) is 3.97. The summed E-state index contributed by atoms with van der Waals surface area (Å²) < 4.78 is 13.8. The van der Waals surface area contributed by atoms with Crippen molar-refractivity contribution in [1.29, 1.82) is 0 Å². The molecule has 2 heterocycles. The maximum Gasteiger partial charge on any atom is 0.307 e. The summed E-state index contributed by atoms with van der Waals surface area (Å²) >= 11 is 1.13. The molecule has 8 heteroatoms. The zero-order valence-corrected chi connectivity index (χ0v) is 12.1. The van der Waals surface area contributed by atoms with Gasteiger partial charge in [0.05, 0.1) is 19.6 Å². The van der Waals surface area contributed by atoms with Crippen molar-refractivity contribution in [2.24, 2.45) is 0 Å². The first-order chi connectivity index (χ1) is 9.70. The molecule has 1 fully saturated rings. The number of ether oxygens (including phenoxy) is 2. The highest BCUT2D eigenvalue weighted by atomic mass is 32.1. The molecular formula is C12H17N3O4S. The van der Waals surface area contributed by atoms with Crippen LogP contribution in [0.1, 0.15) is 29.8 Å². The van der Waals surface area contributed by atoms with Crippen molar-refractivity contribution in [3.8, 4) is 0 Å². The molecule has 0 aliphatic carbocycles. The Bertz CT molecular complexity index is 446. The molecular weight excluding hydrogens is 282 g/mol. The van der Waals surface area contributed by atoms with Gasteiger partial charge < -0.3 is 14.4 Å². The summed E-state index contributed by atoms with van der Waals surface area (Å²) in [6.45, 7) is 1.48. The zero-order chi connectivity index (χ0) is 14.4. The van der Waals surface area contributed by atoms with Gasteiger partial charge >= 0.3 is 5.97 Å². The van der Waals surface area contributed by atoms with Crippen LogP contribution < -0.4 is 0 Å². The number of hydrogen-bond donors (Lipinski definition) is 0. The summed E-state index contributed by atoms with van der Waals surface area (Å²) in [5.41, 5.74) is 0.304. The molecule has 0 bridgehead atoms. The van der Waals surface area contributed by atoms with Crippen LogP contribution in [0.15, 0.2) is 5.38 Å². The van der Waals surface area contributed by atoms with Crippen LogP contribution >= 0.6 is 11.5 Å². The number of aromatic nitrogens is 2. The molecule has 0 N–H and O–H groups in total. The van der Waals surface area contributed by atoms with E-state index in [0.29, 0.717) is 18.8 Å². The largest absolute Gasteiger partial charge is 0.469 e. The molecule has 0 radical (unpaired) electrons. The molecule has 1 aromatic rings. The number of amides is 1. The van der Waals surface area contributed by atoms with Crippen LogP contribution in [-0.4, -0.2) is 59.3 Å². The molecule has 20 heavy (non-hydrogen) atoms. The maximum absolute atomic E-state index is 12.3.